The molecule has 1 aliphatic carbocycles. The van der Waals surface area contributed by atoms with E-state index in [1.54, 1.807) is 17.5 Å². The van der Waals surface area contributed by atoms with Crippen molar-refractivity contribution in [3.8, 4) is 10.6 Å². The van der Waals surface area contributed by atoms with Gasteiger partial charge in [-0.25, -0.2) is 9.78 Å². The highest BCUT2D eigenvalue weighted by atomic mass is 32.1. The van der Waals surface area contributed by atoms with Gasteiger partial charge in [0.15, 0.2) is 0 Å². The minimum atomic E-state index is -0.116. The van der Waals surface area contributed by atoms with E-state index < -0.39 is 0 Å². The lowest BCUT2D eigenvalue weighted by Gasteiger charge is -2.29. The van der Waals surface area contributed by atoms with Gasteiger partial charge in [-0.2, -0.15) is 0 Å². The van der Waals surface area contributed by atoms with Crippen LogP contribution in [0.15, 0.2) is 35.8 Å². The molecule has 4 nitrogen and oxygen atoms in total. The Labute approximate surface area is 135 Å². The molecule has 0 saturated heterocycles. The summed E-state index contributed by atoms with van der Waals surface area (Å²) in [6.07, 6.45) is 6.54. The van der Waals surface area contributed by atoms with Crippen LogP contribution in [0.4, 0.5) is 10.5 Å². The fourth-order valence-electron chi connectivity index (χ4n) is 2.96. The molecule has 0 bridgehead atoms. The minimum absolute atomic E-state index is 0.116. The van der Waals surface area contributed by atoms with Crippen molar-refractivity contribution >= 4 is 23.1 Å². The maximum Gasteiger partial charge on any atom is 0.319 e. The fourth-order valence-corrected chi connectivity index (χ4v) is 3.60. The first-order valence-electron chi connectivity index (χ1n) is 7.80. The molecule has 0 aliphatic heterocycles. The van der Waals surface area contributed by atoms with Crippen molar-refractivity contribution in [3.05, 3.63) is 35.8 Å². The van der Waals surface area contributed by atoms with Crippen molar-refractivity contribution in [2.24, 2.45) is 5.92 Å². The summed E-state index contributed by atoms with van der Waals surface area (Å²) in [7, 11) is 0. The van der Waals surface area contributed by atoms with E-state index in [0.717, 1.165) is 22.7 Å². The van der Waals surface area contributed by atoms with Gasteiger partial charge in [-0.1, -0.05) is 31.9 Å². The number of anilines is 1. The molecule has 2 N–H and O–H groups in total. The largest absolute Gasteiger partial charge is 0.335 e. The number of hydrogen-bond acceptors (Lipinski definition) is 3. The second kappa shape index (κ2) is 6.92. The van der Waals surface area contributed by atoms with Crippen LogP contribution in [0.2, 0.25) is 0 Å². The molecule has 0 spiro atoms. The molecule has 0 radical (unpaired) electrons. The van der Waals surface area contributed by atoms with Crippen LogP contribution < -0.4 is 10.6 Å². The van der Waals surface area contributed by atoms with Crippen molar-refractivity contribution in [3.63, 3.8) is 0 Å². The van der Waals surface area contributed by atoms with Gasteiger partial charge >= 0.3 is 6.03 Å². The molecule has 1 heterocycles. The number of carbonyl (C=O) groups excluding carboxylic acids is 1. The highest BCUT2D eigenvalue weighted by Crippen LogP contribution is 2.25. The summed E-state index contributed by atoms with van der Waals surface area (Å²) in [5, 5.41) is 8.96. The zero-order valence-corrected chi connectivity index (χ0v) is 13.5. The van der Waals surface area contributed by atoms with Gasteiger partial charge in [0.2, 0.25) is 0 Å². The predicted molar refractivity (Wildman–Crippen MR) is 91.1 cm³/mol. The molecule has 1 fully saturated rings. The Hall–Kier alpha value is -1.88. The summed E-state index contributed by atoms with van der Waals surface area (Å²) in [6, 6.07) is 7.98. The first kappa shape index (κ1) is 15.0. The maximum absolute atomic E-state index is 12.2. The Morgan fingerprint density at radius 1 is 1.32 bits per heavy atom. The van der Waals surface area contributed by atoms with E-state index in [-0.39, 0.29) is 12.1 Å². The smallest absolute Gasteiger partial charge is 0.319 e. The molecule has 2 unspecified atom stereocenters. The van der Waals surface area contributed by atoms with Gasteiger partial charge in [0.25, 0.3) is 0 Å². The zero-order chi connectivity index (χ0) is 15.4. The van der Waals surface area contributed by atoms with Crippen LogP contribution in [0.3, 0.4) is 0 Å². The molecule has 1 aliphatic rings. The first-order chi connectivity index (χ1) is 10.7. The number of rotatable bonds is 3. The van der Waals surface area contributed by atoms with Gasteiger partial charge in [0.1, 0.15) is 5.01 Å². The molecule has 116 valence electrons. The van der Waals surface area contributed by atoms with E-state index in [9.17, 15) is 4.79 Å². The fraction of sp³-hybridized carbons (Fsp3) is 0.412. The topological polar surface area (TPSA) is 54.0 Å². The van der Waals surface area contributed by atoms with E-state index in [0.29, 0.717) is 5.92 Å². The van der Waals surface area contributed by atoms with Gasteiger partial charge in [-0.15, -0.1) is 11.3 Å². The van der Waals surface area contributed by atoms with Crippen LogP contribution in [-0.4, -0.2) is 17.1 Å². The van der Waals surface area contributed by atoms with E-state index in [2.05, 4.69) is 22.5 Å². The standard InChI is InChI=1S/C17H21N3OS/c1-12-5-2-3-8-15(12)20-17(21)19-14-7-4-6-13(11-14)16-18-9-10-22-16/h4,6-7,9-12,15H,2-3,5,8H2,1H3,(H2,19,20,21). The molecule has 2 amide bonds. The summed E-state index contributed by atoms with van der Waals surface area (Å²) < 4.78 is 0. The molecule has 22 heavy (non-hydrogen) atoms. The average molecular weight is 315 g/mol. The van der Waals surface area contributed by atoms with E-state index in [4.69, 9.17) is 0 Å². The molecule has 2 atom stereocenters. The summed E-state index contributed by atoms with van der Waals surface area (Å²) in [5.74, 6) is 0.557. The molecule has 1 aromatic carbocycles. The third-order valence-corrected chi connectivity index (χ3v) is 5.05. The summed E-state index contributed by atoms with van der Waals surface area (Å²) in [5.41, 5.74) is 1.83. The normalized spacial score (nSPS) is 21.3. The Morgan fingerprint density at radius 2 is 2.18 bits per heavy atom. The number of nitrogens with one attached hydrogen (secondary N) is 2. The maximum atomic E-state index is 12.2. The molecule has 1 aromatic heterocycles. The quantitative estimate of drug-likeness (QED) is 0.875. The average Bonchev–Trinajstić information content (AvgIpc) is 3.04. The predicted octanol–water partition coefficient (Wildman–Crippen LogP) is 4.51. The number of nitrogens with zero attached hydrogens (tertiary/aromatic N) is 1. The lowest BCUT2D eigenvalue weighted by Crippen LogP contribution is -2.43. The second-order valence-corrected chi connectivity index (χ2v) is 6.78. The van der Waals surface area contributed by atoms with Crippen LogP contribution in [0, 0.1) is 5.92 Å². The molecular weight excluding hydrogens is 294 g/mol. The Bertz CT molecular complexity index is 627. The highest BCUT2D eigenvalue weighted by Gasteiger charge is 2.22. The number of benzene rings is 1. The van der Waals surface area contributed by atoms with Crippen LogP contribution >= 0.6 is 11.3 Å². The van der Waals surface area contributed by atoms with Crippen molar-refractivity contribution in [2.45, 2.75) is 38.6 Å². The van der Waals surface area contributed by atoms with Gasteiger partial charge in [-0.05, 0) is 30.9 Å². The third-order valence-electron chi connectivity index (χ3n) is 4.23. The molecule has 3 rings (SSSR count). The van der Waals surface area contributed by atoms with Crippen molar-refractivity contribution < 1.29 is 4.79 Å². The SMILES string of the molecule is CC1CCCCC1NC(=O)Nc1cccc(-c2nccs2)c1. The van der Waals surface area contributed by atoms with Crippen molar-refractivity contribution in [1.29, 1.82) is 0 Å². The number of hydrogen-bond donors (Lipinski definition) is 2. The van der Waals surface area contributed by atoms with Gasteiger partial charge in [0.05, 0.1) is 0 Å². The molecule has 2 aromatic rings. The first-order valence-corrected chi connectivity index (χ1v) is 8.68. The van der Waals surface area contributed by atoms with Crippen molar-refractivity contribution in [1.82, 2.24) is 10.3 Å². The number of aromatic nitrogens is 1. The third kappa shape index (κ3) is 3.65. The Kier molecular flexibility index (Phi) is 4.73. The highest BCUT2D eigenvalue weighted by molar-refractivity contribution is 7.13. The Balaban J connectivity index is 1.63. The lowest BCUT2D eigenvalue weighted by molar-refractivity contribution is 0.232. The monoisotopic (exact) mass is 315 g/mol. The number of amides is 2. The lowest BCUT2D eigenvalue weighted by atomic mass is 9.86. The molecular formula is C17H21N3OS. The minimum Gasteiger partial charge on any atom is -0.335 e. The van der Waals surface area contributed by atoms with Crippen LogP contribution in [0.25, 0.3) is 10.6 Å². The number of thiazole rings is 1. The van der Waals surface area contributed by atoms with Crippen LogP contribution in [-0.2, 0) is 0 Å². The molecule has 1 saturated carbocycles. The van der Waals surface area contributed by atoms with Crippen molar-refractivity contribution in [2.75, 3.05) is 5.32 Å². The van der Waals surface area contributed by atoms with Crippen LogP contribution in [0.1, 0.15) is 32.6 Å². The zero-order valence-electron chi connectivity index (χ0n) is 12.7. The summed E-state index contributed by atoms with van der Waals surface area (Å²) >= 11 is 1.59. The molecule has 5 heteroatoms. The second-order valence-electron chi connectivity index (χ2n) is 5.88. The van der Waals surface area contributed by atoms with Gasteiger partial charge in [-0.3, -0.25) is 0 Å². The van der Waals surface area contributed by atoms with E-state index >= 15 is 0 Å². The Morgan fingerprint density at radius 3 is 2.95 bits per heavy atom. The summed E-state index contributed by atoms with van der Waals surface area (Å²) in [6.45, 7) is 2.22. The van der Waals surface area contributed by atoms with Gasteiger partial charge < -0.3 is 10.6 Å². The summed E-state index contributed by atoms with van der Waals surface area (Å²) in [4.78, 5) is 16.5. The number of carbonyl (C=O) groups is 1. The number of urea groups is 1. The van der Waals surface area contributed by atoms with E-state index in [1.165, 1.54) is 19.3 Å². The van der Waals surface area contributed by atoms with Gasteiger partial charge in [0, 0.05) is 28.9 Å². The van der Waals surface area contributed by atoms with E-state index in [1.807, 2.05) is 29.6 Å². The van der Waals surface area contributed by atoms with Crippen LogP contribution in [0.5, 0.6) is 0 Å².